The Kier molecular flexibility index (Phi) is 5.65. The number of carbonyl (C=O) groups is 1. The lowest BCUT2D eigenvalue weighted by Gasteiger charge is -2.37. The highest BCUT2D eigenvalue weighted by molar-refractivity contribution is 7.10. The van der Waals surface area contributed by atoms with Crippen LogP contribution >= 0.6 is 11.3 Å². The van der Waals surface area contributed by atoms with Crippen molar-refractivity contribution in [1.29, 1.82) is 0 Å². The van der Waals surface area contributed by atoms with Crippen LogP contribution in [0.1, 0.15) is 38.0 Å². The summed E-state index contributed by atoms with van der Waals surface area (Å²) < 4.78 is 11.0. The Morgan fingerprint density at radius 1 is 1.16 bits per heavy atom. The van der Waals surface area contributed by atoms with Gasteiger partial charge in [-0.15, -0.1) is 11.3 Å². The summed E-state index contributed by atoms with van der Waals surface area (Å²) in [5, 5.41) is 13.1. The first-order valence-electron chi connectivity index (χ1n) is 9.78. The van der Waals surface area contributed by atoms with E-state index in [-0.39, 0.29) is 17.6 Å². The number of carbonyl (C=O) groups excluding carboxylic acids is 1. The summed E-state index contributed by atoms with van der Waals surface area (Å²) in [6.07, 6.45) is 0.676. The van der Waals surface area contributed by atoms with Crippen LogP contribution in [0.2, 0.25) is 0 Å². The van der Waals surface area contributed by atoms with Gasteiger partial charge in [-0.05, 0) is 60.2 Å². The number of benzene rings is 2. The number of ether oxygens (including phenoxy) is 2. The summed E-state index contributed by atoms with van der Waals surface area (Å²) in [7, 11) is 3.20. The van der Waals surface area contributed by atoms with Crippen molar-refractivity contribution in [1.82, 2.24) is 4.90 Å². The molecule has 0 spiro atoms. The van der Waals surface area contributed by atoms with Crippen LogP contribution in [0.15, 0.2) is 47.8 Å². The largest absolute Gasteiger partial charge is 0.493 e. The van der Waals surface area contributed by atoms with E-state index in [2.05, 4.69) is 0 Å². The summed E-state index contributed by atoms with van der Waals surface area (Å²) in [6.45, 7) is 2.17. The number of aryl methyl sites for hydroxylation is 1. The van der Waals surface area contributed by atoms with Gasteiger partial charge in [0.15, 0.2) is 11.5 Å². The van der Waals surface area contributed by atoms with Gasteiger partial charge in [0, 0.05) is 28.6 Å². The molecule has 0 fully saturated rings. The normalized spacial score (nSPS) is 15.3. The van der Waals surface area contributed by atoms with E-state index in [0.29, 0.717) is 35.6 Å². The Labute approximate surface area is 184 Å². The van der Waals surface area contributed by atoms with Crippen molar-refractivity contribution in [3.05, 3.63) is 85.1 Å². The van der Waals surface area contributed by atoms with Gasteiger partial charge < -0.3 is 14.4 Å². The van der Waals surface area contributed by atoms with E-state index < -0.39 is 4.92 Å². The zero-order valence-corrected chi connectivity index (χ0v) is 18.3. The number of methoxy groups -OCH3 is 2. The lowest BCUT2D eigenvalue weighted by molar-refractivity contribution is -0.385. The number of rotatable bonds is 5. The Morgan fingerprint density at radius 3 is 2.52 bits per heavy atom. The number of nitro benzene ring substituents is 1. The molecule has 0 saturated carbocycles. The molecule has 0 N–H and O–H groups in total. The van der Waals surface area contributed by atoms with E-state index in [0.717, 1.165) is 16.0 Å². The van der Waals surface area contributed by atoms with E-state index in [1.807, 2.05) is 34.5 Å². The summed E-state index contributed by atoms with van der Waals surface area (Å²) in [4.78, 5) is 27.1. The van der Waals surface area contributed by atoms with Crippen molar-refractivity contribution < 1.29 is 19.2 Å². The summed E-state index contributed by atoms with van der Waals surface area (Å²) in [6, 6.07) is 12.2. The van der Waals surface area contributed by atoms with Crippen molar-refractivity contribution in [2.75, 3.05) is 20.8 Å². The fourth-order valence-corrected chi connectivity index (χ4v) is 4.93. The van der Waals surface area contributed by atoms with E-state index in [1.165, 1.54) is 12.1 Å². The average molecular weight is 439 g/mol. The first-order chi connectivity index (χ1) is 14.9. The molecule has 0 saturated heterocycles. The quantitative estimate of drug-likeness (QED) is 0.423. The van der Waals surface area contributed by atoms with E-state index >= 15 is 0 Å². The first kappa shape index (κ1) is 20.9. The van der Waals surface area contributed by atoms with Gasteiger partial charge in [-0.2, -0.15) is 0 Å². The van der Waals surface area contributed by atoms with Crippen molar-refractivity contribution in [3.8, 4) is 11.5 Å². The molecule has 2 heterocycles. The van der Waals surface area contributed by atoms with Crippen molar-refractivity contribution >= 4 is 22.9 Å². The predicted molar refractivity (Wildman–Crippen MR) is 118 cm³/mol. The fourth-order valence-electron chi connectivity index (χ4n) is 4.08. The first-order valence-corrected chi connectivity index (χ1v) is 10.7. The van der Waals surface area contributed by atoms with E-state index in [9.17, 15) is 14.9 Å². The molecule has 1 atom stereocenters. The number of amides is 1. The Balaban J connectivity index is 1.79. The van der Waals surface area contributed by atoms with E-state index in [4.69, 9.17) is 9.47 Å². The van der Waals surface area contributed by atoms with Crippen LogP contribution in [0.3, 0.4) is 0 Å². The van der Waals surface area contributed by atoms with Crippen LogP contribution in [-0.2, 0) is 6.42 Å². The number of thiophene rings is 1. The zero-order chi connectivity index (χ0) is 22.1. The third-order valence-electron chi connectivity index (χ3n) is 5.59. The molecule has 4 rings (SSSR count). The van der Waals surface area contributed by atoms with Gasteiger partial charge in [-0.25, -0.2) is 0 Å². The summed E-state index contributed by atoms with van der Waals surface area (Å²) in [5.41, 5.74) is 3.02. The Hall–Kier alpha value is -3.39. The molecule has 8 heteroatoms. The molecule has 0 radical (unpaired) electrons. The number of nitro groups is 1. The second-order valence-corrected chi connectivity index (χ2v) is 8.31. The number of hydrogen-bond donors (Lipinski definition) is 0. The summed E-state index contributed by atoms with van der Waals surface area (Å²) >= 11 is 1.59. The molecule has 1 aromatic heterocycles. The maximum atomic E-state index is 13.5. The van der Waals surface area contributed by atoms with Crippen LogP contribution < -0.4 is 9.47 Å². The van der Waals surface area contributed by atoms with Gasteiger partial charge in [0.05, 0.1) is 25.2 Å². The van der Waals surface area contributed by atoms with Crippen LogP contribution in [0, 0.1) is 17.0 Å². The molecule has 7 nitrogen and oxygen atoms in total. The Bertz CT molecular complexity index is 1140. The van der Waals surface area contributed by atoms with E-state index in [1.54, 1.807) is 38.5 Å². The second-order valence-electron chi connectivity index (χ2n) is 7.33. The molecule has 3 aromatic rings. The van der Waals surface area contributed by atoms with Crippen LogP contribution in [0.25, 0.3) is 0 Å². The van der Waals surface area contributed by atoms with Crippen molar-refractivity contribution in [2.45, 2.75) is 19.4 Å². The van der Waals surface area contributed by atoms with Gasteiger partial charge in [-0.3, -0.25) is 14.9 Å². The molecule has 2 aromatic carbocycles. The molecule has 1 unspecified atom stereocenters. The van der Waals surface area contributed by atoms with Crippen molar-refractivity contribution in [2.24, 2.45) is 0 Å². The minimum absolute atomic E-state index is 0.00665. The highest BCUT2D eigenvalue weighted by Gasteiger charge is 2.34. The molecule has 0 aliphatic carbocycles. The lowest BCUT2D eigenvalue weighted by Crippen LogP contribution is -2.40. The highest BCUT2D eigenvalue weighted by atomic mass is 32.1. The minimum atomic E-state index is -0.436. The molecule has 1 aliphatic rings. The molecular weight excluding hydrogens is 416 g/mol. The van der Waals surface area contributed by atoms with Gasteiger partial charge in [0.1, 0.15) is 0 Å². The van der Waals surface area contributed by atoms with Crippen LogP contribution in [-0.4, -0.2) is 36.5 Å². The highest BCUT2D eigenvalue weighted by Crippen LogP contribution is 2.42. The van der Waals surface area contributed by atoms with Gasteiger partial charge in [-0.1, -0.05) is 6.07 Å². The molecule has 160 valence electrons. The topological polar surface area (TPSA) is 81.9 Å². The van der Waals surface area contributed by atoms with Crippen LogP contribution in [0.5, 0.6) is 11.5 Å². The Morgan fingerprint density at radius 2 is 1.90 bits per heavy atom. The van der Waals surface area contributed by atoms with Crippen molar-refractivity contribution in [3.63, 3.8) is 0 Å². The maximum Gasteiger partial charge on any atom is 0.272 e. The fraction of sp³-hybridized carbons (Fsp3) is 0.261. The maximum absolute atomic E-state index is 13.5. The smallest absolute Gasteiger partial charge is 0.272 e. The second kappa shape index (κ2) is 8.39. The monoisotopic (exact) mass is 438 g/mol. The van der Waals surface area contributed by atoms with Gasteiger partial charge >= 0.3 is 0 Å². The predicted octanol–water partition coefficient (Wildman–Crippen LogP) is 4.77. The third kappa shape index (κ3) is 3.74. The zero-order valence-electron chi connectivity index (χ0n) is 17.5. The molecular formula is C23H22N2O5S. The van der Waals surface area contributed by atoms with Crippen LogP contribution in [0.4, 0.5) is 5.69 Å². The SMILES string of the molecule is COc1cc2c(cc1OC)C(c1cccs1)N(C(=O)c1ccc([N+](=O)[O-])c(C)c1)CC2. The molecule has 31 heavy (non-hydrogen) atoms. The molecule has 0 bridgehead atoms. The number of nitrogens with zero attached hydrogens (tertiary/aromatic N) is 2. The van der Waals surface area contributed by atoms with Gasteiger partial charge in [0.25, 0.3) is 11.6 Å². The average Bonchev–Trinajstić information content (AvgIpc) is 3.30. The number of fused-ring (bicyclic) bond motifs is 1. The van der Waals surface area contributed by atoms with Gasteiger partial charge in [0.2, 0.25) is 0 Å². The minimum Gasteiger partial charge on any atom is -0.493 e. The number of hydrogen-bond acceptors (Lipinski definition) is 6. The standard InChI is InChI=1S/C23H22N2O5S/c1-14-11-16(6-7-18(14)25(27)28)23(26)24-9-8-15-12-19(29-2)20(30-3)13-17(15)22(24)21-5-4-10-31-21/h4-7,10-13,22H,8-9H2,1-3H3. The lowest BCUT2D eigenvalue weighted by atomic mass is 9.90. The molecule has 1 aliphatic heterocycles. The molecule has 1 amide bonds. The third-order valence-corrected chi connectivity index (χ3v) is 6.51. The summed E-state index contributed by atoms with van der Waals surface area (Å²) in [5.74, 6) is 1.12.